The highest BCUT2D eigenvalue weighted by atomic mass is 32.2. The molecular weight excluding hydrogens is 318 g/mol. The Kier molecular flexibility index (Phi) is 5.74. The Morgan fingerprint density at radius 2 is 1.96 bits per heavy atom. The second-order valence-corrected chi connectivity index (χ2v) is 8.07. The molecule has 0 aliphatic carbocycles. The van der Waals surface area contributed by atoms with Crippen molar-refractivity contribution in [1.82, 2.24) is 9.62 Å². The van der Waals surface area contributed by atoms with E-state index in [2.05, 4.69) is 5.32 Å². The molecule has 0 spiro atoms. The molecule has 1 aliphatic heterocycles. The first-order valence-corrected chi connectivity index (χ1v) is 9.02. The number of hydrogen-bond donors (Lipinski definition) is 2. The number of nitrogens with zero attached hydrogens (tertiary/aromatic N) is 1. The minimum Gasteiger partial charge on any atom is -0.379 e. The molecule has 2 rings (SSSR count). The lowest BCUT2D eigenvalue weighted by Crippen LogP contribution is -2.43. The second kappa shape index (κ2) is 7.39. The number of rotatable bonds is 6. The Morgan fingerprint density at radius 3 is 2.52 bits per heavy atom. The van der Waals surface area contributed by atoms with Gasteiger partial charge in [0.25, 0.3) is 5.91 Å². The van der Waals surface area contributed by atoms with Crippen LogP contribution in [0.5, 0.6) is 0 Å². The molecule has 0 radical (unpaired) electrons. The molecule has 1 amide bonds. The van der Waals surface area contributed by atoms with Crippen molar-refractivity contribution in [3.8, 4) is 0 Å². The zero-order valence-electron chi connectivity index (χ0n) is 13.4. The lowest BCUT2D eigenvalue weighted by atomic mass is 10.1. The molecule has 1 aromatic carbocycles. The molecule has 1 aromatic rings. The maximum Gasteiger partial charge on any atom is 0.251 e. The van der Waals surface area contributed by atoms with E-state index in [0.29, 0.717) is 25.3 Å². The van der Waals surface area contributed by atoms with Gasteiger partial charge in [-0.15, -0.1) is 0 Å². The molecule has 1 saturated heterocycles. The number of sulfonamides is 1. The predicted octanol–water partition coefficient (Wildman–Crippen LogP) is -0.218. The van der Waals surface area contributed by atoms with Gasteiger partial charge in [-0.25, -0.2) is 12.7 Å². The third-order valence-electron chi connectivity index (χ3n) is 3.95. The maximum atomic E-state index is 12.3. The quantitative estimate of drug-likeness (QED) is 0.745. The zero-order valence-corrected chi connectivity index (χ0v) is 14.2. The number of carbonyl (C=O) groups is 1. The third-order valence-corrected chi connectivity index (χ3v) is 5.91. The Labute approximate surface area is 136 Å². The lowest BCUT2D eigenvalue weighted by Gasteiger charge is -2.21. The van der Waals surface area contributed by atoms with Crippen molar-refractivity contribution in [2.45, 2.75) is 12.6 Å². The molecule has 7 nitrogen and oxygen atoms in total. The van der Waals surface area contributed by atoms with Crippen LogP contribution in [0.3, 0.4) is 0 Å². The predicted molar refractivity (Wildman–Crippen MR) is 87.4 cm³/mol. The maximum absolute atomic E-state index is 12.3. The van der Waals surface area contributed by atoms with Crippen molar-refractivity contribution in [3.05, 3.63) is 35.4 Å². The van der Waals surface area contributed by atoms with Crippen LogP contribution in [0.15, 0.2) is 24.3 Å². The van der Waals surface area contributed by atoms with Gasteiger partial charge in [0.1, 0.15) is 0 Å². The summed E-state index contributed by atoms with van der Waals surface area (Å²) in [4.78, 5) is 12.3. The summed E-state index contributed by atoms with van der Waals surface area (Å²) in [6, 6.07) is 6.70. The highest BCUT2D eigenvalue weighted by Gasteiger charge is 2.34. The molecule has 0 unspecified atom stereocenters. The van der Waals surface area contributed by atoms with E-state index in [0.717, 1.165) is 5.56 Å². The van der Waals surface area contributed by atoms with Crippen LogP contribution in [0, 0.1) is 5.92 Å². The van der Waals surface area contributed by atoms with E-state index in [1.807, 2.05) is 0 Å². The highest BCUT2D eigenvalue weighted by molar-refractivity contribution is 7.89. The van der Waals surface area contributed by atoms with Gasteiger partial charge in [0, 0.05) is 32.1 Å². The SMILES string of the molecule is CN(C)S(=O)(=O)C[C@@H]1COC[C@@H]1NC(=O)c1ccc(CN)cc1. The third kappa shape index (κ3) is 4.51. The lowest BCUT2D eigenvalue weighted by molar-refractivity contribution is 0.0926. The van der Waals surface area contributed by atoms with Crippen molar-refractivity contribution >= 4 is 15.9 Å². The van der Waals surface area contributed by atoms with E-state index in [1.165, 1.54) is 18.4 Å². The first kappa shape index (κ1) is 17.9. The van der Waals surface area contributed by atoms with Gasteiger partial charge in [-0.05, 0) is 17.7 Å². The molecule has 0 aromatic heterocycles. The van der Waals surface area contributed by atoms with E-state index >= 15 is 0 Å². The average molecular weight is 341 g/mol. The minimum absolute atomic E-state index is 0.0446. The molecule has 8 heteroatoms. The van der Waals surface area contributed by atoms with Crippen molar-refractivity contribution in [3.63, 3.8) is 0 Å². The molecule has 23 heavy (non-hydrogen) atoms. The number of hydrogen-bond acceptors (Lipinski definition) is 5. The topological polar surface area (TPSA) is 102 Å². The van der Waals surface area contributed by atoms with E-state index in [-0.39, 0.29) is 23.6 Å². The average Bonchev–Trinajstić information content (AvgIpc) is 2.93. The minimum atomic E-state index is -3.34. The summed E-state index contributed by atoms with van der Waals surface area (Å²) >= 11 is 0. The fraction of sp³-hybridized carbons (Fsp3) is 0.533. The van der Waals surface area contributed by atoms with Crippen LogP contribution in [0.4, 0.5) is 0 Å². The van der Waals surface area contributed by atoms with Crippen molar-refractivity contribution in [2.24, 2.45) is 11.7 Å². The number of benzene rings is 1. The van der Waals surface area contributed by atoms with Gasteiger partial charge in [0.2, 0.25) is 10.0 Å². The Balaban J connectivity index is 2.01. The van der Waals surface area contributed by atoms with E-state index in [4.69, 9.17) is 10.5 Å². The summed E-state index contributed by atoms with van der Waals surface area (Å²) in [5.41, 5.74) is 6.99. The van der Waals surface area contributed by atoms with Crippen molar-refractivity contribution < 1.29 is 17.9 Å². The van der Waals surface area contributed by atoms with Gasteiger partial charge < -0.3 is 15.8 Å². The number of carbonyl (C=O) groups excluding carboxylic acids is 1. The van der Waals surface area contributed by atoms with Gasteiger partial charge in [0.15, 0.2) is 0 Å². The van der Waals surface area contributed by atoms with Crippen LogP contribution in [0.1, 0.15) is 15.9 Å². The molecular formula is C15H23N3O4S. The van der Waals surface area contributed by atoms with Crippen molar-refractivity contribution in [2.75, 3.05) is 33.1 Å². The van der Waals surface area contributed by atoms with E-state index < -0.39 is 10.0 Å². The first-order chi connectivity index (χ1) is 10.8. The number of nitrogens with one attached hydrogen (secondary N) is 1. The summed E-state index contributed by atoms with van der Waals surface area (Å²) in [5.74, 6) is -0.539. The monoisotopic (exact) mass is 341 g/mol. The van der Waals surface area contributed by atoms with Gasteiger partial charge in [0.05, 0.1) is 25.0 Å². The molecule has 128 valence electrons. The van der Waals surface area contributed by atoms with Crippen LogP contribution < -0.4 is 11.1 Å². The first-order valence-electron chi connectivity index (χ1n) is 7.41. The summed E-state index contributed by atoms with van der Waals surface area (Å²) in [6.07, 6.45) is 0. The normalized spacial score (nSPS) is 21.6. The van der Waals surface area contributed by atoms with Crippen LogP contribution >= 0.6 is 0 Å². The smallest absolute Gasteiger partial charge is 0.251 e. The second-order valence-electron chi connectivity index (χ2n) is 5.84. The molecule has 0 bridgehead atoms. The highest BCUT2D eigenvalue weighted by Crippen LogP contribution is 2.18. The molecule has 0 saturated carbocycles. The summed E-state index contributed by atoms with van der Waals surface area (Å²) in [6.45, 7) is 1.06. The van der Waals surface area contributed by atoms with Gasteiger partial charge in [-0.2, -0.15) is 0 Å². The Morgan fingerprint density at radius 1 is 1.30 bits per heavy atom. The van der Waals surface area contributed by atoms with Crippen LogP contribution in [-0.4, -0.2) is 57.7 Å². The van der Waals surface area contributed by atoms with Gasteiger partial charge in [-0.1, -0.05) is 12.1 Å². The number of ether oxygens (including phenoxy) is 1. The fourth-order valence-corrected chi connectivity index (χ4v) is 3.55. The van der Waals surface area contributed by atoms with Crippen LogP contribution in [0.25, 0.3) is 0 Å². The van der Waals surface area contributed by atoms with Crippen molar-refractivity contribution in [1.29, 1.82) is 0 Å². The van der Waals surface area contributed by atoms with Crippen LogP contribution in [-0.2, 0) is 21.3 Å². The van der Waals surface area contributed by atoms with Gasteiger partial charge in [-0.3, -0.25) is 4.79 Å². The molecule has 1 aliphatic rings. The fourth-order valence-electron chi connectivity index (χ4n) is 2.39. The molecule has 1 heterocycles. The summed E-state index contributed by atoms with van der Waals surface area (Å²) in [7, 11) is -0.340. The zero-order chi connectivity index (χ0) is 17.0. The molecule has 2 atom stereocenters. The van der Waals surface area contributed by atoms with E-state index in [1.54, 1.807) is 24.3 Å². The number of nitrogens with two attached hydrogens (primary N) is 1. The Hall–Kier alpha value is -1.48. The van der Waals surface area contributed by atoms with Crippen LogP contribution in [0.2, 0.25) is 0 Å². The molecule has 1 fully saturated rings. The Bertz CT molecular complexity index is 643. The van der Waals surface area contributed by atoms with E-state index in [9.17, 15) is 13.2 Å². The summed E-state index contributed by atoms with van der Waals surface area (Å²) in [5, 5.41) is 2.87. The van der Waals surface area contributed by atoms with Gasteiger partial charge >= 0.3 is 0 Å². The number of amides is 1. The summed E-state index contributed by atoms with van der Waals surface area (Å²) < 4.78 is 30.6. The standard InChI is InChI=1S/C15H23N3O4S/c1-18(2)23(20,21)10-13-8-22-9-14(13)17-15(19)12-5-3-11(7-16)4-6-12/h3-6,13-14H,7-10,16H2,1-2H3,(H,17,19)/t13-,14-/m0/s1. The molecule has 3 N–H and O–H groups in total. The largest absolute Gasteiger partial charge is 0.379 e.